The van der Waals surface area contributed by atoms with Crippen LogP contribution in [0.4, 0.5) is 11.8 Å². The SMILES string of the molecule is Cc1nc(N2CCCC2)nc(NC2CCCCNC2=O)c1C. The van der Waals surface area contributed by atoms with E-state index in [1.165, 1.54) is 12.8 Å². The zero-order valence-electron chi connectivity index (χ0n) is 13.5. The molecule has 0 saturated carbocycles. The second-order valence-corrected chi connectivity index (χ2v) is 6.26. The number of aryl methyl sites for hydroxylation is 1. The minimum atomic E-state index is -0.193. The standard InChI is InChI=1S/C16H25N5O/c1-11-12(2)18-16(21-9-5-6-10-21)20-14(11)19-13-7-3-4-8-17-15(13)22/h13H,3-10H2,1-2H3,(H,17,22)(H,18,19,20). The zero-order valence-corrected chi connectivity index (χ0v) is 13.5. The van der Waals surface area contributed by atoms with Crippen LogP contribution in [0.2, 0.25) is 0 Å². The number of rotatable bonds is 3. The van der Waals surface area contributed by atoms with Crippen LogP contribution in [0.15, 0.2) is 0 Å². The van der Waals surface area contributed by atoms with Crippen LogP contribution in [0.1, 0.15) is 43.4 Å². The van der Waals surface area contributed by atoms with E-state index < -0.39 is 0 Å². The number of carbonyl (C=O) groups is 1. The summed E-state index contributed by atoms with van der Waals surface area (Å²) in [4.78, 5) is 23.7. The highest BCUT2D eigenvalue weighted by molar-refractivity contribution is 5.84. The van der Waals surface area contributed by atoms with E-state index in [-0.39, 0.29) is 11.9 Å². The molecule has 0 aromatic carbocycles. The molecular weight excluding hydrogens is 278 g/mol. The van der Waals surface area contributed by atoms with E-state index >= 15 is 0 Å². The number of aromatic nitrogens is 2. The van der Waals surface area contributed by atoms with E-state index in [4.69, 9.17) is 4.98 Å². The number of nitrogens with zero attached hydrogens (tertiary/aromatic N) is 3. The number of hydrogen-bond acceptors (Lipinski definition) is 5. The summed E-state index contributed by atoms with van der Waals surface area (Å²) < 4.78 is 0. The van der Waals surface area contributed by atoms with Crippen LogP contribution in [0.3, 0.4) is 0 Å². The fourth-order valence-corrected chi connectivity index (χ4v) is 3.06. The van der Waals surface area contributed by atoms with Gasteiger partial charge in [0.05, 0.1) is 0 Å². The van der Waals surface area contributed by atoms with Crippen molar-refractivity contribution < 1.29 is 4.79 Å². The second kappa shape index (κ2) is 6.50. The highest BCUT2D eigenvalue weighted by Gasteiger charge is 2.23. The first-order valence-electron chi connectivity index (χ1n) is 8.29. The molecule has 3 rings (SSSR count). The van der Waals surface area contributed by atoms with Crippen LogP contribution in [-0.4, -0.2) is 41.6 Å². The lowest BCUT2D eigenvalue weighted by Gasteiger charge is -2.21. The van der Waals surface area contributed by atoms with Crippen molar-refractivity contribution in [3.63, 3.8) is 0 Å². The van der Waals surface area contributed by atoms with Gasteiger partial charge in [0.1, 0.15) is 11.9 Å². The number of nitrogens with one attached hydrogen (secondary N) is 2. The lowest BCUT2D eigenvalue weighted by molar-refractivity contribution is -0.121. The van der Waals surface area contributed by atoms with Crippen molar-refractivity contribution in [3.8, 4) is 0 Å². The van der Waals surface area contributed by atoms with E-state index in [9.17, 15) is 4.79 Å². The molecule has 2 aliphatic heterocycles. The molecule has 0 spiro atoms. The van der Waals surface area contributed by atoms with Gasteiger partial charge in [-0.25, -0.2) is 4.98 Å². The first-order chi connectivity index (χ1) is 10.6. The molecule has 120 valence electrons. The first kappa shape index (κ1) is 15.1. The summed E-state index contributed by atoms with van der Waals surface area (Å²) in [6.45, 7) is 6.84. The van der Waals surface area contributed by atoms with Gasteiger partial charge in [0, 0.05) is 30.9 Å². The highest BCUT2D eigenvalue weighted by atomic mass is 16.2. The monoisotopic (exact) mass is 303 g/mol. The van der Waals surface area contributed by atoms with Gasteiger partial charge in [0.25, 0.3) is 0 Å². The molecule has 1 amide bonds. The molecule has 1 aromatic heterocycles. The molecule has 0 aliphatic carbocycles. The molecular formula is C16H25N5O. The maximum absolute atomic E-state index is 12.1. The van der Waals surface area contributed by atoms with Crippen molar-refractivity contribution in [2.24, 2.45) is 0 Å². The maximum atomic E-state index is 12.1. The highest BCUT2D eigenvalue weighted by Crippen LogP contribution is 2.23. The van der Waals surface area contributed by atoms with Crippen LogP contribution < -0.4 is 15.5 Å². The minimum Gasteiger partial charge on any atom is -0.358 e. The van der Waals surface area contributed by atoms with Gasteiger partial charge in [-0.05, 0) is 46.0 Å². The van der Waals surface area contributed by atoms with Crippen LogP contribution in [0.25, 0.3) is 0 Å². The molecule has 2 saturated heterocycles. The number of amides is 1. The Balaban J connectivity index is 1.83. The van der Waals surface area contributed by atoms with Gasteiger partial charge in [-0.15, -0.1) is 0 Å². The zero-order chi connectivity index (χ0) is 15.5. The Hall–Kier alpha value is -1.85. The topological polar surface area (TPSA) is 70.2 Å². The molecule has 2 N–H and O–H groups in total. The summed E-state index contributed by atoms with van der Waals surface area (Å²) in [7, 11) is 0. The van der Waals surface area contributed by atoms with E-state index in [2.05, 4.69) is 20.5 Å². The summed E-state index contributed by atoms with van der Waals surface area (Å²) in [5, 5.41) is 6.32. The smallest absolute Gasteiger partial charge is 0.242 e. The van der Waals surface area contributed by atoms with Crippen LogP contribution in [0, 0.1) is 13.8 Å². The number of hydrogen-bond donors (Lipinski definition) is 2. The maximum Gasteiger partial charge on any atom is 0.242 e. The van der Waals surface area contributed by atoms with Gasteiger partial charge in [-0.1, -0.05) is 0 Å². The largest absolute Gasteiger partial charge is 0.358 e. The average molecular weight is 303 g/mol. The minimum absolute atomic E-state index is 0.0795. The van der Waals surface area contributed by atoms with E-state index in [0.717, 1.165) is 61.9 Å². The third-order valence-electron chi connectivity index (χ3n) is 4.61. The van der Waals surface area contributed by atoms with Gasteiger partial charge in [-0.3, -0.25) is 4.79 Å². The van der Waals surface area contributed by atoms with Crippen LogP contribution >= 0.6 is 0 Å². The van der Waals surface area contributed by atoms with E-state index in [0.29, 0.717) is 0 Å². The Bertz CT molecular complexity index is 554. The van der Waals surface area contributed by atoms with Crippen molar-refractivity contribution in [1.82, 2.24) is 15.3 Å². The Labute approximate surface area is 131 Å². The molecule has 2 fully saturated rings. The van der Waals surface area contributed by atoms with Crippen molar-refractivity contribution in [2.75, 3.05) is 29.9 Å². The van der Waals surface area contributed by atoms with Crippen molar-refractivity contribution in [2.45, 2.75) is 52.0 Å². The molecule has 22 heavy (non-hydrogen) atoms. The van der Waals surface area contributed by atoms with E-state index in [1.54, 1.807) is 0 Å². The second-order valence-electron chi connectivity index (χ2n) is 6.26. The van der Waals surface area contributed by atoms with E-state index in [1.807, 2.05) is 13.8 Å². The molecule has 3 heterocycles. The Kier molecular flexibility index (Phi) is 4.45. The van der Waals surface area contributed by atoms with Crippen molar-refractivity contribution >= 4 is 17.7 Å². The number of anilines is 2. The number of carbonyl (C=O) groups excluding carboxylic acids is 1. The van der Waals surface area contributed by atoms with Crippen LogP contribution in [-0.2, 0) is 4.79 Å². The van der Waals surface area contributed by atoms with Gasteiger partial charge in [-0.2, -0.15) is 4.98 Å². The normalized spacial score (nSPS) is 22.4. The quantitative estimate of drug-likeness (QED) is 0.890. The lowest BCUT2D eigenvalue weighted by atomic mass is 10.1. The Morgan fingerprint density at radius 3 is 2.68 bits per heavy atom. The predicted octanol–water partition coefficient (Wildman–Crippen LogP) is 1.77. The third-order valence-corrected chi connectivity index (χ3v) is 4.61. The molecule has 1 atom stereocenters. The van der Waals surface area contributed by atoms with Crippen molar-refractivity contribution in [3.05, 3.63) is 11.3 Å². The molecule has 0 radical (unpaired) electrons. The van der Waals surface area contributed by atoms with Crippen molar-refractivity contribution in [1.29, 1.82) is 0 Å². The van der Waals surface area contributed by atoms with Gasteiger partial charge in [0.15, 0.2) is 0 Å². The molecule has 2 aliphatic rings. The third kappa shape index (κ3) is 3.15. The lowest BCUT2D eigenvalue weighted by Crippen LogP contribution is -2.38. The average Bonchev–Trinajstić information content (AvgIpc) is 2.96. The summed E-state index contributed by atoms with van der Waals surface area (Å²) in [5.41, 5.74) is 2.01. The molecule has 1 unspecified atom stereocenters. The van der Waals surface area contributed by atoms with Gasteiger partial charge < -0.3 is 15.5 Å². The summed E-state index contributed by atoms with van der Waals surface area (Å²) >= 11 is 0. The molecule has 0 bridgehead atoms. The first-order valence-corrected chi connectivity index (χ1v) is 8.29. The molecule has 6 heteroatoms. The Morgan fingerprint density at radius 1 is 1.14 bits per heavy atom. The Morgan fingerprint density at radius 2 is 1.91 bits per heavy atom. The predicted molar refractivity (Wildman–Crippen MR) is 87.2 cm³/mol. The fraction of sp³-hybridized carbons (Fsp3) is 0.688. The molecule has 6 nitrogen and oxygen atoms in total. The van der Waals surface area contributed by atoms with Gasteiger partial charge in [0.2, 0.25) is 11.9 Å². The van der Waals surface area contributed by atoms with Gasteiger partial charge >= 0.3 is 0 Å². The summed E-state index contributed by atoms with van der Waals surface area (Å²) in [6, 6.07) is -0.193. The fourth-order valence-electron chi connectivity index (χ4n) is 3.06. The summed E-state index contributed by atoms with van der Waals surface area (Å²) in [6.07, 6.45) is 5.35. The molecule has 1 aromatic rings. The summed E-state index contributed by atoms with van der Waals surface area (Å²) in [5.74, 6) is 1.67. The van der Waals surface area contributed by atoms with Crippen LogP contribution in [0.5, 0.6) is 0 Å².